The molecular formula is C7H14N. The molecule has 0 saturated carbocycles. The number of nitrogens with one attached hydrogen (secondary N) is 1. The van der Waals surface area contributed by atoms with Crippen LogP contribution in [0.25, 0.3) is 0 Å². The van der Waals surface area contributed by atoms with Crippen LogP contribution in [0.2, 0.25) is 0 Å². The second-order valence-electron chi connectivity index (χ2n) is 1.82. The normalized spacial score (nSPS) is 10.8. The lowest BCUT2D eigenvalue weighted by molar-refractivity contribution is 0.813. The van der Waals surface area contributed by atoms with Crippen molar-refractivity contribution in [1.82, 2.24) is 5.73 Å². The van der Waals surface area contributed by atoms with Crippen LogP contribution in [0.15, 0.2) is 12.2 Å². The zero-order chi connectivity index (χ0) is 6.24. The predicted octanol–water partition coefficient (Wildman–Crippen LogP) is 2.02. The Kier molecular flexibility index (Phi) is 6.45. The second-order valence-corrected chi connectivity index (χ2v) is 1.82. The van der Waals surface area contributed by atoms with Gasteiger partial charge in [-0.2, -0.15) is 0 Å². The molecule has 0 aromatic carbocycles. The minimum atomic E-state index is 0.434. The number of hydrogen-bond acceptors (Lipinski definition) is 0. The quantitative estimate of drug-likeness (QED) is 0.392. The Hall–Kier alpha value is -0.300. The molecular weight excluding hydrogens is 98.1 g/mol. The third-order valence-electron chi connectivity index (χ3n) is 1.01. The Morgan fingerprint density at radius 2 is 2.12 bits per heavy atom. The molecule has 0 heterocycles. The van der Waals surface area contributed by atoms with Gasteiger partial charge < -0.3 is 0 Å². The van der Waals surface area contributed by atoms with Crippen LogP contribution in [0, 0.1) is 0 Å². The molecule has 0 spiro atoms. The maximum atomic E-state index is 6.75. The lowest BCUT2D eigenvalue weighted by Gasteiger charge is -1.85. The van der Waals surface area contributed by atoms with E-state index in [0.717, 1.165) is 6.42 Å². The van der Waals surface area contributed by atoms with Crippen LogP contribution in [-0.4, -0.2) is 6.54 Å². The van der Waals surface area contributed by atoms with E-state index >= 15 is 0 Å². The van der Waals surface area contributed by atoms with Crippen LogP contribution in [0.4, 0.5) is 0 Å². The third-order valence-corrected chi connectivity index (χ3v) is 1.01. The average molecular weight is 112 g/mol. The smallest absolute Gasteiger partial charge is 0.0281 e. The number of hydrogen-bond donors (Lipinski definition) is 0. The van der Waals surface area contributed by atoms with Crippen molar-refractivity contribution in [2.75, 3.05) is 6.54 Å². The highest BCUT2D eigenvalue weighted by Crippen LogP contribution is 1.93. The van der Waals surface area contributed by atoms with Gasteiger partial charge in [0.1, 0.15) is 0 Å². The van der Waals surface area contributed by atoms with Gasteiger partial charge in [-0.05, 0) is 6.42 Å². The molecule has 0 atom stereocenters. The summed E-state index contributed by atoms with van der Waals surface area (Å²) in [7, 11) is 0. The van der Waals surface area contributed by atoms with Gasteiger partial charge in [0.05, 0.1) is 0 Å². The summed E-state index contributed by atoms with van der Waals surface area (Å²) in [6, 6.07) is 0. The van der Waals surface area contributed by atoms with Crippen LogP contribution in [0.5, 0.6) is 0 Å². The van der Waals surface area contributed by atoms with Crippen LogP contribution < -0.4 is 5.73 Å². The van der Waals surface area contributed by atoms with Crippen molar-refractivity contribution >= 4 is 0 Å². The fourth-order valence-electron chi connectivity index (χ4n) is 0.523. The molecule has 1 heteroatoms. The van der Waals surface area contributed by atoms with Crippen LogP contribution in [0.3, 0.4) is 0 Å². The Morgan fingerprint density at radius 1 is 1.38 bits per heavy atom. The van der Waals surface area contributed by atoms with Crippen molar-refractivity contribution in [1.29, 1.82) is 0 Å². The van der Waals surface area contributed by atoms with Gasteiger partial charge in [0, 0.05) is 6.54 Å². The van der Waals surface area contributed by atoms with Gasteiger partial charge in [-0.15, -0.1) is 0 Å². The maximum absolute atomic E-state index is 6.75. The molecule has 1 radical (unpaired) electrons. The largest absolute Gasteiger partial charge is 0.254 e. The average Bonchev–Trinajstić information content (AvgIpc) is 1.81. The standard InChI is InChI=1S/C7H14N/c1-2-3-4-5-6-7-8/h5-6,8H,2-4,7H2,1H3. The van der Waals surface area contributed by atoms with Crippen molar-refractivity contribution < 1.29 is 0 Å². The first-order chi connectivity index (χ1) is 3.91. The first kappa shape index (κ1) is 7.70. The van der Waals surface area contributed by atoms with E-state index in [-0.39, 0.29) is 0 Å². The van der Waals surface area contributed by atoms with Crippen molar-refractivity contribution in [3.8, 4) is 0 Å². The molecule has 0 saturated heterocycles. The van der Waals surface area contributed by atoms with E-state index in [1.807, 2.05) is 6.08 Å². The van der Waals surface area contributed by atoms with Crippen LogP contribution in [-0.2, 0) is 0 Å². The molecule has 1 N–H and O–H groups in total. The number of allylic oxidation sites excluding steroid dienone is 1. The second kappa shape index (κ2) is 6.70. The van der Waals surface area contributed by atoms with Gasteiger partial charge in [0.15, 0.2) is 0 Å². The van der Waals surface area contributed by atoms with Gasteiger partial charge in [0.25, 0.3) is 0 Å². The maximum Gasteiger partial charge on any atom is 0.0281 e. The fourth-order valence-corrected chi connectivity index (χ4v) is 0.523. The molecule has 0 fully saturated rings. The van der Waals surface area contributed by atoms with Gasteiger partial charge in [-0.25, -0.2) is 0 Å². The molecule has 0 aromatic heterocycles. The Labute approximate surface area is 51.6 Å². The van der Waals surface area contributed by atoms with Crippen molar-refractivity contribution in [3.63, 3.8) is 0 Å². The Bertz CT molecular complexity index is 57.4. The summed E-state index contributed by atoms with van der Waals surface area (Å²) in [5.74, 6) is 0. The van der Waals surface area contributed by atoms with Crippen molar-refractivity contribution in [2.45, 2.75) is 26.2 Å². The van der Waals surface area contributed by atoms with Gasteiger partial charge in [-0.1, -0.05) is 31.9 Å². The minimum Gasteiger partial charge on any atom is -0.254 e. The lowest BCUT2D eigenvalue weighted by atomic mass is 10.2. The van der Waals surface area contributed by atoms with Crippen molar-refractivity contribution in [3.05, 3.63) is 12.2 Å². The van der Waals surface area contributed by atoms with Gasteiger partial charge in [-0.3, -0.25) is 5.73 Å². The predicted molar refractivity (Wildman–Crippen MR) is 36.6 cm³/mol. The molecule has 8 heavy (non-hydrogen) atoms. The summed E-state index contributed by atoms with van der Waals surface area (Å²) in [4.78, 5) is 0. The van der Waals surface area contributed by atoms with E-state index < -0.39 is 0 Å². The first-order valence-electron chi connectivity index (χ1n) is 3.21. The van der Waals surface area contributed by atoms with E-state index in [2.05, 4.69) is 13.0 Å². The highest BCUT2D eigenvalue weighted by molar-refractivity contribution is 4.81. The molecule has 0 aliphatic carbocycles. The topological polar surface area (TPSA) is 23.8 Å². The summed E-state index contributed by atoms with van der Waals surface area (Å²) in [5, 5.41) is 0. The highest BCUT2D eigenvalue weighted by Gasteiger charge is 1.74. The van der Waals surface area contributed by atoms with Gasteiger partial charge in [0.2, 0.25) is 0 Å². The first-order valence-corrected chi connectivity index (χ1v) is 3.21. The van der Waals surface area contributed by atoms with Crippen molar-refractivity contribution in [2.24, 2.45) is 0 Å². The molecule has 0 aromatic rings. The van der Waals surface area contributed by atoms with E-state index in [4.69, 9.17) is 5.73 Å². The molecule has 0 aliphatic rings. The lowest BCUT2D eigenvalue weighted by Crippen LogP contribution is -1.74. The Morgan fingerprint density at radius 3 is 2.62 bits per heavy atom. The molecule has 0 amide bonds. The third kappa shape index (κ3) is 5.70. The molecule has 0 bridgehead atoms. The Balaban J connectivity index is 2.80. The summed E-state index contributed by atoms with van der Waals surface area (Å²) in [5.41, 5.74) is 6.75. The van der Waals surface area contributed by atoms with E-state index in [0.29, 0.717) is 6.54 Å². The molecule has 47 valence electrons. The molecule has 0 unspecified atom stereocenters. The summed E-state index contributed by atoms with van der Waals surface area (Å²) in [6.07, 6.45) is 7.64. The molecule has 0 aliphatic heterocycles. The summed E-state index contributed by atoms with van der Waals surface area (Å²) < 4.78 is 0. The van der Waals surface area contributed by atoms with E-state index in [1.165, 1.54) is 12.8 Å². The monoisotopic (exact) mass is 112 g/mol. The SMILES string of the molecule is CCCCC=CC[NH]. The van der Waals surface area contributed by atoms with Crippen LogP contribution in [0.1, 0.15) is 26.2 Å². The number of unbranched alkanes of at least 4 members (excludes halogenated alkanes) is 2. The zero-order valence-electron chi connectivity index (χ0n) is 5.48. The van der Waals surface area contributed by atoms with E-state index in [1.54, 1.807) is 0 Å². The minimum absolute atomic E-state index is 0.434. The van der Waals surface area contributed by atoms with E-state index in [9.17, 15) is 0 Å². The summed E-state index contributed by atoms with van der Waals surface area (Å²) in [6.45, 7) is 2.61. The number of rotatable bonds is 4. The zero-order valence-corrected chi connectivity index (χ0v) is 5.48. The fraction of sp³-hybridized carbons (Fsp3) is 0.714. The van der Waals surface area contributed by atoms with Gasteiger partial charge >= 0.3 is 0 Å². The summed E-state index contributed by atoms with van der Waals surface area (Å²) >= 11 is 0. The molecule has 0 rings (SSSR count). The van der Waals surface area contributed by atoms with Crippen LogP contribution >= 0.6 is 0 Å². The molecule has 1 nitrogen and oxygen atoms in total. The highest BCUT2D eigenvalue weighted by atomic mass is 14.5.